The van der Waals surface area contributed by atoms with Crippen molar-refractivity contribution in [3.63, 3.8) is 0 Å². The minimum atomic E-state index is 0.659. The predicted molar refractivity (Wildman–Crippen MR) is 119 cm³/mol. The van der Waals surface area contributed by atoms with Crippen LogP contribution in [0.1, 0.15) is 18.2 Å². The van der Waals surface area contributed by atoms with E-state index >= 15 is 0 Å². The van der Waals surface area contributed by atoms with Crippen LogP contribution >= 0.6 is 23.1 Å². The largest absolute Gasteiger partial charge is 0.494 e. The number of rotatable bonds is 7. The molecule has 0 spiro atoms. The minimum absolute atomic E-state index is 0.659. The van der Waals surface area contributed by atoms with Gasteiger partial charge < -0.3 is 9.30 Å². The van der Waals surface area contributed by atoms with Crippen molar-refractivity contribution in [2.75, 3.05) is 6.61 Å². The summed E-state index contributed by atoms with van der Waals surface area (Å²) in [5.74, 6) is 2.47. The quantitative estimate of drug-likeness (QED) is 0.363. The molecule has 2 heterocycles. The van der Waals surface area contributed by atoms with Crippen LogP contribution in [0, 0.1) is 6.92 Å². The lowest BCUT2D eigenvalue weighted by Crippen LogP contribution is -1.96. The highest BCUT2D eigenvalue weighted by Crippen LogP contribution is 2.29. The van der Waals surface area contributed by atoms with Crippen molar-refractivity contribution in [1.29, 1.82) is 0 Å². The number of thiazole rings is 1. The van der Waals surface area contributed by atoms with E-state index in [1.54, 1.807) is 23.1 Å². The van der Waals surface area contributed by atoms with Crippen molar-refractivity contribution in [1.82, 2.24) is 19.7 Å². The number of benzene rings is 2. The highest BCUT2D eigenvalue weighted by Gasteiger charge is 2.13. The molecule has 0 bridgehead atoms. The fourth-order valence-electron chi connectivity index (χ4n) is 2.90. The molecule has 4 rings (SSSR count). The van der Waals surface area contributed by atoms with Crippen LogP contribution in [0.2, 0.25) is 0 Å². The summed E-state index contributed by atoms with van der Waals surface area (Å²) in [5.41, 5.74) is 4.49. The number of aromatic nitrogens is 4. The Bertz CT molecular complexity index is 1080. The van der Waals surface area contributed by atoms with E-state index in [0.717, 1.165) is 44.3 Å². The van der Waals surface area contributed by atoms with Gasteiger partial charge >= 0.3 is 0 Å². The van der Waals surface area contributed by atoms with E-state index in [0.29, 0.717) is 6.61 Å². The summed E-state index contributed by atoms with van der Waals surface area (Å²) in [4.78, 5) is 4.77. The Labute approximate surface area is 178 Å². The van der Waals surface area contributed by atoms with Crippen molar-refractivity contribution in [2.24, 2.45) is 7.05 Å². The lowest BCUT2D eigenvalue weighted by Gasteiger charge is -2.05. The maximum atomic E-state index is 5.51. The highest BCUT2D eigenvalue weighted by molar-refractivity contribution is 7.98. The molecule has 0 radical (unpaired) electrons. The van der Waals surface area contributed by atoms with Crippen LogP contribution in [0.15, 0.2) is 59.1 Å². The van der Waals surface area contributed by atoms with Gasteiger partial charge in [0.25, 0.3) is 0 Å². The summed E-state index contributed by atoms with van der Waals surface area (Å²) in [5, 5.41) is 12.8. The highest BCUT2D eigenvalue weighted by atomic mass is 32.2. The van der Waals surface area contributed by atoms with Crippen molar-refractivity contribution >= 4 is 23.1 Å². The molecular weight excluding hydrogens is 400 g/mol. The molecule has 29 heavy (non-hydrogen) atoms. The van der Waals surface area contributed by atoms with Crippen LogP contribution in [0.5, 0.6) is 5.75 Å². The minimum Gasteiger partial charge on any atom is -0.494 e. The van der Waals surface area contributed by atoms with E-state index in [1.807, 2.05) is 42.8 Å². The van der Waals surface area contributed by atoms with E-state index in [-0.39, 0.29) is 0 Å². The van der Waals surface area contributed by atoms with Gasteiger partial charge in [-0.3, -0.25) is 0 Å². The summed E-state index contributed by atoms with van der Waals surface area (Å²) in [7, 11) is 1.99. The Morgan fingerprint density at radius 1 is 1.00 bits per heavy atom. The van der Waals surface area contributed by atoms with Gasteiger partial charge in [0, 0.05) is 29.3 Å². The summed E-state index contributed by atoms with van der Waals surface area (Å²) in [6, 6.07) is 16.4. The normalized spacial score (nSPS) is 11.0. The summed E-state index contributed by atoms with van der Waals surface area (Å²) in [6.45, 7) is 4.73. The zero-order chi connectivity index (χ0) is 20.2. The van der Waals surface area contributed by atoms with Gasteiger partial charge in [0.2, 0.25) is 0 Å². The number of hydrogen-bond donors (Lipinski definition) is 0. The Kier molecular flexibility index (Phi) is 5.97. The number of ether oxygens (including phenoxy) is 1. The molecule has 0 saturated heterocycles. The van der Waals surface area contributed by atoms with Crippen LogP contribution < -0.4 is 4.74 Å². The maximum absolute atomic E-state index is 5.51. The Morgan fingerprint density at radius 2 is 1.72 bits per heavy atom. The molecule has 0 aliphatic heterocycles. The second kappa shape index (κ2) is 8.80. The van der Waals surface area contributed by atoms with Crippen molar-refractivity contribution in [3.05, 3.63) is 65.2 Å². The monoisotopic (exact) mass is 422 g/mol. The zero-order valence-electron chi connectivity index (χ0n) is 16.6. The number of hydrogen-bond acceptors (Lipinski definition) is 6. The lowest BCUT2D eigenvalue weighted by atomic mass is 10.2. The van der Waals surface area contributed by atoms with E-state index in [2.05, 4.69) is 46.8 Å². The lowest BCUT2D eigenvalue weighted by molar-refractivity contribution is 0.340. The van der Waals surface area contributed by atoms with Crippen molar-refractivity contribution in [2.45, 2.75) is 24.8 Å². The molecule has 2 aromatic heterocycles. The third-order valence-corrected chi connectivity index (χ3v) is 6.45. The standard InChI is InChI=1S/C22H22N4OS2/c1-4-27-19-11-9-16(10-12-19)20-24-25-22(26(20)3)29-14-18-13-28-21(23-18)17-7-5-15(2)6-8-17/h5-13H,4,14H2,1-3H3. The third-order valence-electron chi connectivity index (χ3n) is 4.46. The van der Waals surface area contributed by atoms with E-state index in [4.69, 9.17) is 9.72 Å². The molecule has 4 aromatic rings. The molecule has 7 heteroatoms. The van der Waals surface area contributed by atoms with Gasteiger partial charge in [0.05, 0.1) is 12.3 Å². The second-order valence-electron chi connectivity index (χ2n) is 6.62. The van der Waals surface area contributed by atoms with E-state index in [9.17, 15) is 0 Å². The molecule has 5 nitrogen and oxygen atoms in total. The van der Waals surface area contributed by atoms with Gasteiger partial charge in [-0.25, -0.2) is 4.98 Å². The van der Waals surface area contributed by atoms with Crippen molar-refractivity contribution in [3.8, 4) is 27.7 Å². The van der Waals surface area contributed by atoms with Gasteiger partial charge in [-0.1, -0.05) is 41.6 Å². The molecule has 0 aliphatic rings. The molecule has 0 fully saturated rings. The Hall–Kier alpha value is -2.64. The zero-order valence-corrected chi connectivity index (χ0v) is 18.3. The maximum Gasteiger partial charge on any atom is 0.191 e. The second-order valence-corrected chi connectivity index (χ2v) is 8.42. The SMILES string of the molecule is CCOc1ccc(-c2nnc(SCc3csc(-c4ccc(C)cc4)n3)n2C)cc1. The molecule has 0 amide bonds. The van der Waals surface area contributed by atoms with Crippen LogP contribution in [0.4, 0.5) is 0 Å². The first kappa shape index (κ1) is 19.7. The number of nitrogens with zero attached hydrogens (tertiary/aromatic N) is 4. The molecule has 0 atom stereocenters. The predicted octanol–water partition coefficient (Wildman–Crippen LogP) is 5.61. The first-order valence-electron chi connectivity index (χ1n) is 9.41. The molecule has 0 N–H and O–H groups in total. The molecular formula is C22H22N4OS2. The van der Waals surface area contributed by atoms with Gasteiger partial charge in [0.15, 0.2) is 11.0 Å². The van der Waals surface area contributed by atoms with Crippen LogP contribution in [0.3, 0.4) is 0 Å². The van der Waals surface area contributed by atoms with Gasteiger partial charge in [-0.2, -0.15) is 0 Å². The fraction of sp³-hybridized carbons (Fsp3) is 0.227. The third kappa shape index (κ3) is 4.52. The van der Waals surface area contributed by atoms with E-state index in [1.165, 1.54) is 5.56 Å². The fourth-order valence-corrected chi connectivity index (χ4v) is 4.63. The topological polar surface area (TPSA) is 52.8 Å². The van der Waals surface area contributed by atoms with E-state index < -0.39 is 0 Å². The number of thioether (sulfide) groups is 1. The molecule has 148 valence electrons. The first-order chi connectivity index (χ1) is 14.1. The van der Waals surface area contributed by atoms with Gasteiger partial charge in [0.1, 0.15) is 10.8 Å². The molecule has 0 unspecified atom stereocenters. The van der Waals surface area contributed by atoms with Crippen LogP contribution in [-0.2, 0) is 12.8 Å². The molecule has 0 saturated carbocycles. The average molecular weight is 423 g/mol. The Balaban J connectivity index is 1.44. The Morgan fingerprint density at radius 3 is 2.45 bits per heavy atom. The number of aryl methyl sites for hydroxylation is 1. The average Bonchev–Trinajstić information content (AvgIpc) is 3.35. The summed E-state index contributed by atoms with van der Waals surface area (Å²) in [6.07, 6.45) is 0. The van der Waals surface area contributed by atoms with Gasteiger partial charge in [-0.15, -0.1) is 21.5 Å². The first-order valence-corrected chi connectivity index (χ1v) is 11.3. The summed E-state index contributed by atoms with van der Waals surface area (Å²) >= 11 is 3.32. The smallest absolute Gasteiger partial charge is 0.191 e. The van der Waals surface area contributed by atoms with Gasteiger partial charge in [-0.05, 0) is 38.1 Å². The summed E-state index contributed by atoms with van der Waals surface area (Å²) < 4.78 is 7.53. The van der Waals surface area contributed by atoms with Crippen molar-refractivity contribution < 1.29 is 4.74 Å². The molecule has 2 aromatic carbocycles. The van der Waals surface area contributed by atoms with Crippen LogP contribution in [0.25, 0.3) is 22.0 Å². The molecule has 0 aliphatic carbocycles. The van der Waals surface area contributed by atoms with Crippen LogP contribution in [-0.4, -0.2) is 26.4 Å².